The zero-order valence-electron chi connectivity index (χ0n) is 11.2. The molecule has 1 aromatic rings. The third kappa shape index (κ3) is 4.45. The molecule has 108 valence electrons. The molecule has 0 aromatic heterocycles. The molecule has 0 heterocycles. The quantitative estimate of drug-likeness (QED) is 0.833. The van der Waals surface area contributed by atoms with Crippen molar-refractivity contribution in [2.24, 2.45) is 11.1 Å². The number of hydrogen-bond acceptors (Lipinski definition) is 4. The number of anilines is 1. The number of rotatable bonds is 6. The fraction of sp³-hybridized carbons (Fsp3) is 0.500. The second-order valence-corrected chi connectivity index (χ2v) is 6.20. The Balaban J connectivity index is 2.97. The van der Waals surface area contributed by atoms with Crippen LogP contribution >= 0.6 is 0 Å². The summed E-state index contributed by atoms with van der Waals surface area (Å²) >= 11 is 0. The fourth-order valence-corrected chi connectivity index (χ4v) is 2.10. The van der Waals surface area contributed by atoms with Gasteiger partial charge in [0.2, 0.25) is 10.0 Å². The highest BCUT2D eigenvalue weighted by Gasteiger charge is 2.16. The smallest absolute Gasteiger partial charge is 0.238 e. The number of halogens is 1. The lowest BCUT2D eigenvalue weighted by atomic mass is 10.1. The summed E-state index contributed by atoms with van der Waals surface area (Å²) < 4.78 is 41.1. The molecule has 0 radical (unpaired) electrons. The van der Waals surface area contributed by atoms with Gasteiger partial charge in [0.25, 0.3) is 0 Å². The summed E-state index contributed by atoms with van der Waals surface area (Å²) in [5.41, 5.74) is 0.225. The molecule has 3 N–H and O–H groups in total. The van der Waals surface area contributed by atoms with E-state index >= 15 is 0 Å². The molecule has 0 aliphatic rings. The highest BCUT2D eigenvalue weighted by atomic mass is 32.2. The molecule has 1 rings (SSSR count). The summed E-state index contributed by atoms with van der Waals surface area (Å²) in [6, 6.07) is 3.47. The van der Waals surface area contributed by atoms with Crippen LogP contribution in [0.2, 0.25) is 0 Å². The number of primary sulfonamides is 1. The SMILES string of the molecule is COCC(Nc1ccc(S(N)(=O)=O)cc1F)C(C)C. The number of nitrogens with two attached hydrogens (primary N) is 1. The van der Waals surface area contributed by atoms with Crippen LogP contribution in [0.1, 0.15) is 13.8 Å². The average molecular weight is 290 g/mol. The van der Waals surface area contributed by atoms with Crippen LogP contribution < -0.4 is 10.5 Å². The molecule has 5 nitrogen and oxygen atoms in total. The van der Waals surface area contributed by atoms with Gasteiger partial charge in [-0.1, -0.05) is 13.8 Å². The minimum atomic E-state index is -3.89. The van der Waals surface area contributed by atoms with Crippen LogP contribution in [0.25, 0.3) is 0 Å². The highest BCUT2D eigenvalue weighted by molar-refractivity contribution is 7.89. The van der Waals surface area contributed by atoms with Crippen LogP contribution in [-0.4, -0.2) is 28.2 Å². The maximum atomic E-state index is 13.8. The fourth-order valence-electron chi connectivity index (χ4n) is 1.57. The molecule has 0 fully saturated rings. The van der Waals surface area contributed by atoms with Crippen molar-refractivity contribution in [2.75, 3.05) is 19.0 Å². The molecule has 0 bridgehead atoms. The molecule has 0 amide bonds. The van der Waals surface area contributed by atoms with Gasteiger partial charge in [-0.2, -0.15) is 0 Å². The van der Waals surface area contributed by atoms with Crippen molar-refractivity contribution in [3.63, 3.8) is 0 Å². The van der Waals surface area contributed by atoms with Crippen molar-refractivity contribution in [3.05, 3.63) is 24.0 Å². The molecule has 1 atom stereocenters. The minimum absolute atomic E-state index is 0.0696. The standard InChI is InChI=1S/C12H19FN2O3S/c1-8(2)12(7-18-3)15-11-5-4-9(6-10(11)13)19(14,16)17/h4-6,8,12,15H,7H2,1-3H3,(H2,14,16,17). The zero-order chi connectivity index (χ0) is 14.6. The lowest BCUT2D eigenvalue weighted by Gasteiger charge is -2.23. The van der Waals surface area contributed by atoms with E-state index in [1.807, 2.05) is 13.8 Å². The number of ether oxygens (including phenoxy) is 1. The molecule has 0 aliphatic heterocycles. The van der Waals surface area contributed by atoms with E-state index in [4.69, 9.17) is 9.88 Å². The maximum absolute atomic E-state index is 13.8. The Hall–Kier alpha value is -1.18. The molecule has 7 heteroatoms. The van der Waals surface area contributed by atoms with Gasteiger partial charge in [-0.15, -0.1) is 0 Å². The zero-order valence-corrected chi connectivity index (χ0v) is 12.0. The Morgan fingerprint density at radius 3 is 2.47 bits per heavy atom. The van der Waals surface area contributed by atoms with Gasteiger partial charge in [0, 0.05) is 7.11 Å². The van der Waals surface area contributed by atoms with E-state index in [9.17, 15) is 12.8 Å². The maximum Gasteiger partial charge on any atom is 0.238 e. The van der Waals surface area contributed by atoms with E-state index in [1.54, 1.807) is 7.11 Å². The van der Waals surface area contributed by atoms with Gasteiger partial charge < -0.3 is 10.1 Å². The second kappa shape index (κ2) is 6.31. The van der Waals surface area contributed by atoms with Gasteiger partial charge in [0.15, 0.2) is 0 Å². The molecule has 1 aromatic carbocycles. The first kappa shape index (κ1) is 15.9. The number of nitrogens with one attached hydrogen (secondary N) is 1. The van der Waals surface area contributed by atoms with Gasteiger partial charge >= 0.3 is 0 Å². The number of benzene rings is 1. The molecule has 0 saturated heterocycles. The van der Waals surface area contributed by atoms with E-state index in [2.05, 4.69) is 5.32 Å². The Bertz CT molecular complexity index is 532. The first-order valence-electron chi connectivity index (χ1n) is 5.83. The Kier molecular flexibility index (Phi) is 5.28. The molecule has 0 aliphatic carbocycles. The summed E-state index contributed by atoms with van der Waals surface area (Å²) in [6.07, 6.45) is 0. The van der Waals surface area contributed by atoms with Gasteiger partial charge in [-0.3, -0.25) is 0 Å². The molecule has 0 spiro atoms. The molecular formula is C12H19FN2O3S. The van der Waals surface area contributed by atoms with Crippen molar-refractivity contribution in [1.29, 1.82) is 0 Å². The van der Waals surface area contributed by atoms with Crippen LogP contribution in [0, 0.1) is 11.7 Å². The first-order chi connectivity index (χ1) is 8.75. The van der Waals surface area contributed by atoms with Crippen LogP contribution in [-0.2, 0) is 14.8 Å². The van der Waals surface area contributed by atoms with E-state index in [-0.39, 0.29) is 22.5 Å². The normalized spacial score (nSPS) is 13.6. The van der Waals surface area contributed by atoms with Crippen molar-refractivity contribution in [1.82, 2.24) is 0 Å². The van der Waals surface area contributed by atoms with E-state index in [0.717, 1.165) is 6.07 Å². The molecule has 19 heavy (non-hydrogen) atoms. The van der Waals surface area contributed by atoms with Gasteiger partial charge in [-0.05, 0) is 24.1 Å². The molecule has 1 unspecified atom stereocenters. The van der Waals surface area contributed by atoms with E-state index < -0.39 is 15.8 Å². The summed E-state index contributed by atoms with van der Waals surface area (Å²) in [6.45, 7) is 4.38. The molecule has 0 saturated carbocycles. The van der Waals surface area contributed by atoms with Crippen LogP contribution in [0.4, 0.5) is 10.1 Å². The predicted molar refractivity (Wildman–Crippen MR) is 71.9 cm³/mol. The number of hydrogen-bond donors (Lipinski definition) is 2. The topological polar surface area (TPSA) is 81.4 Å². The largest absolute Gasteiger partial charge is 0.383 e. The minimum Gasteiger partial charge on any atom is -0.383 e. The lowest BCUT2D eigenvalue weighted by molar-refractivity contribution is 0.171. The van der Waals surface area contributed by atoms with Gasteiger partial charge in [0.05, 0.1) is 23.2 Å². The second-order valence-electron chi connectivity index (χ2n) is 4.64. The Morgan fingerprint density at radius 1 is 1.42 bits per heavy atom. The molecular weight excluding hydrogens is 271 g/mol. The van der Waals surface area contributed by atoms with Crippen LogP contribution in [0.3, 0.4) is 0 Å². The van der Waals surface area contributed by atoms with Gasteiger partial charge in [-0.25, -0.2) is 17.9 Å². The predicted octanol–water partition coefficient (Wildman–Crippen LogP) is 1.56. The van der Waals surface area contributed by atoms with Crippen molar-refractivity contribution < 1.29 is 17.5 Å². The summed E-state index contributed by atoms with van der Waals surface area (Å²) in [5.74, 6) is -0.425. The van der Waals surface area contributed by atoms with Crippen molar-refractivity contribution in [2.45, 2.75) is 24.8 Å². The van der Waals surface area contributed by atoms with Crippen molar-refractivity contribution >= 4 is 15.7 Å². The van der Waals surface area contributed by atoms with E-state index in [1.165, 1.54) is 12.1 Å². The number of sulfonamides is 1. The summed E-state index contributed by atoms with van der Waals surface area (Å²) in [7, 11) is -2.32. The monoisotopic (exact) mass is 290 g/mol. The third-order valence-electron chi connectivity index (χ3n) is 2.76. The van der Waals surface area contributed by atoms with Crippen LogP contribution in [0.15, 0.2) is 23.1 Å². The Labute approximate surface area is 113 Å². The van der Waals surface area contributed by atoms with Crippen molar-refractivity contribution in [3.8, 4) is 0 Å². The van der Waals surface area contributed by atoms with E-state index in [0.29, 0.717) is 6.61 Å². The summed E-state index contributed by atoms with van der Waals surface area (Å²) in [4.78, 5) is -0.247. The summed E-state index contributed by atoms with van der Waals surface area (Å²) in [5, 5.41) is 7.93. The van der Waals surface area contributed by atoms with Gasteiger partial charge in [0.1, 0.15) is 5.82 Å². The highest BCUT2D eigenvalue weighted by Crippen LogP contribution is 2.20. The third-order valence-corrected chi connectivity index (χ3v) is 3.67. The number of methoxy groups -OCH3 is 1. The average Bonchev–Trinajstić information content (AvgIpc) is 2.29. The van der Waals surface area contributed by atoms with Crippen LogP contribution in [0.5, 0.6) is 0 Å². The lowest BCUT2D eigenvalue weighted by Crippen LogP contribution is -2.30. The Morgan fingerprint density at radius 2 is 2.05 bits per heavy atom. The first-order valence-corrected chi connectivity index (χ1v) is 7.38.